The predicted molar refractivity (Wildman–Crippen MR) is 40.9 cm³/mol. The van der Waals surface area contributed by atoms with Gasteiger partial charge < -0.3 is 16.2 Å². The number of ether oxygens (including phenoxy) is 1. The van der Waals surface area contributed by atoms with E-state index in [9.17, 15) is 4.39 Å². The van der Waals surface area contributed by atoms with Gasteiger partial charge in [0.1, 0.15) is 6.67 Å². The van der Waals surface area contributed by atoms with Gasteiger partial charge in [0, 0.05) is 6.04 Å². The molecule has 0 aromatic carbocycles. The molecule has 0 bridgehead atoms. The molecule has 0 aliphatic carbocycles. The summed E-state index contributed by atoms with van der Waals surface area (Å²) in [5, 5.41) is 0. The average Bonchev–Trinajstić information content (AvgIpc) is 2.05. The predicted octanol–water partition coefficient (Wildman–Crippen LogP) is -0.211. The van der Waals surface area contributed by atoms with Crippen molar-refractivity contribution >= 4 is 0 Å². The van der Waals surface area contributed by atoms with Crippen molar-refractivity contribution < 1.29 is 9.13 Å². The zero-order valence-corrected chi connectivity index (χ0v) is 6.50. The van der Waals surface area contributed by atoms with Crippen LogP contribution in [0.5, 0.6) is 0 Å². The van der Waals surface area contributed by atoms with E-state index in [4.69, 9.17) is 16.2 Å². The molecule has 1 rings (SSSR count). The molecular formula is C7H15FN2O. The van der Waals surface area contributed by atoms with Crippen LogP contribution in [0.15, 0.2) is 0 Å². The third-order valence-electron chi connectivity index (χ3n) is 2.00. The Morgan fingerprint density at radius 1 is 1.55 bits per heavy atom. The lowest BCUT2D eigenvalue weighted by molar-refractivity contribution is -0.0132. The van der Waals surface area contributed by atoms with Crippen molar-refractivity contribution in [1.29, 1.82) is 0 Å². The van der Waals surface area contributed by atoms with E-state index in [2.05, 4.69) is 0 Å². The van der Waals surface area contributed by atoms with Gasteiger partial charge >= 0.3 is 0 Å². The number of rotatable bonds is 2. The van der Waals surface area contributed by atoms with E-state index in [1.54, 1.807) is 0 Å². The van der Waals surface area contributed by atoms with Crippen LogP contribution in [-0.2, 0) is 4.74 Å². The van der Waals surface area contributed by atoms with Gasteiger partial charge in [0.2, 0.25) is 0 Å². The summed E-state index contributed by atoms with van der Waals surface area (Å²) in [7, 11) is 0. The molecule has 0 aromatic rings. The Kier molecular flexibility index (Phi) is 3.23. The first-order valence-corrected chi connectivity index (χ1v) is 3.92. The summed E-state index contributed by atoms with van der Waals surface area (Å²) in [5.74, 6) is 0. The average molecular weight is 162 g/mol. The molecule has 3 atom stereocenters. The van der Waals surface area contributed by atoms with Gasteiger partial charge in [-0.1, -0.05) is 0 Å². The van der Waals surface area contributed by atoms with Gasteiger partial charge in [-0.05, 0) is 12.8 Å². The van der Waals surface area contributed by atoms with E-state index in [0.717, 1.165) is 12.8 Å². The van der Waals surface area contributed by atoms with Crippen molar-refractivity contribution in [3.63, 3.8) is 0 Å². The van der Waals surface area contributed by atoms with Gasteiger partial charge in [0.25, 0.3) is 0 Å². The van der Waals surface area contributed by atoms with Crippen LogP contribution in [-0.4, -0.2) is 31.5 Å². The first-order valence-electron chi connectivity index (χ1n) is 3.92. The van der Waals surface area contributed by atoms with Gasteiger partial charge in [-0.2, -0.15) is 0 Å². The highest BCUT2D eigenvalue weighted by molar-refractivity contribution is 4.79. The molecule has 0 saturated carbocycles. The lowest BCUT2D eigenvalue weighted by Gasteiger charge is -2.29. The Morgan fingerprint density at radius 2 is 2.27 bits per heavy atom. The molecule has 4 N–H and O–H groups in total. The molecule has 0 radical (unpaired) electrons. The largest absolute Gasteiger partial charge is 0.375 e. The van der Waals surface area contributed by atoms with Crippen molar-refractivity contribution in [2.24, 2.45) is 11.5 Å². The van der Waals surface area contributed by atoms with E-state index >= 15 is 0 Å². The van der Waals surface area contributed by atoms with Crippen molar-refractivity contribution in [2.45, 2.75) is 31.0 Å². The van der Waals surface area contributed by atoms with Crippen LogP contribution in [0.1, 0.15) is 12.8 Å². The maximum Gasteiger partial charge on any atom is 0.107 e. The Bertz CT molecular complexity index is 115. The van der Waals surface area contributed by atoms with Crippen molar-refractivity contribution in [2.75, 3.05) is 13.3 Å². The Labute approximate surface area is 65.9 Å². The zero-order chi connectivity index (χ0) is 8.27. The number of halogens is 1. The van der Waals surface area contributed by atoms with Crippen LogP contribution in [0.4, 0.5) is 4.39 Å². The van der Waals surface area contributed by atoms with Crippen molar-refractivity contribution in [3.05, 3.63) is 0 Å². The molecule has 1 aliphatic rings. The topological polar surface area (TPSA) is 61.3 Å². The maximum absolute atomic E-state index is 12.0. The molecule has 0 aromatic heterocycles. The number of hydrogen-bond donors (Lipinski definition) is 2. The summed E-state index contributed by atoms with van der Waals surface area (Å²) >= 11 is 0. The van der Waals surface area contributed by atoms with E-state index < -0.39 is 12.7 Å². The third kappa shape index (κ3) is 2.39. The molecule has 0 amide bonds. The first kappa shape index (κ1) is 8.90. The lowest BCUT2D eigenvalue weighted by Crippen LogP contribution is -2.45. The molecule has 1 aliphatic heterocycles. The molecule has 3 nitrogen and oxygen atoms in total. The summed E-state index contributed by atoms with van der Waals surface area (Å²) < 4.78 is 17.3. The van der Waals surface area contributed by atoms with E-state index in [-0.39, 0.29) is 12.1 Å². The van der Waals surface area contributed by atoms with Crippen LogP contribution >= 0.6 is 0 Å². The SMILES string of the molecule is NC1CCC(C(N)CF)OC1. The Balaban J connectivity index is 2.27. The highest BCUT2D eigenvalue weighted by Gasteiger charge is 2.24. The summed E-state index contributed by atoms with van der Waals surface area (Å²) in [4.78, 5) is 0. The summed E-state index contributed by atoms with van der Waals surface area (Å²) in [5.41, 5.74) is 11.0. The Morgan fingerprint density at radius 3 is 2.73 bits per heavy atom. The zero-order valence-electron chi connectivity index (χ0n) is 6.50. The molecule has 4 heteroatoms. The fraction of sp³-hybridized carbons (Fsp3) is 1.00. The molecule has 3 unspecified atom stereocenters. The highest BCUT2D eigenvalue weighted by atomic mass is 19.1. The molecular weight excluding hydrogens is 147 g/mol. The quantitative estimate of drug-likeness (QED) is 0.590. The van der Waals surface area contributed by atoms with Crippen LogP contribution < -0.4 is 11.5 Å². The second-order valence-corrected chi connectivity index (χ2v) is 3.03. The van der Waals surface area contributed by atoms with Gasteiger partial charge in [-0.3, -0.25) is 0 Å². The standard InChI is InChI=1S/C7H15FN2O/c8-3-6(10)7-2-1-5(9)4-11-7/h5-7H,1-4,9-10H2. The second-order valence-electron chi connectivity index (χ2n) is 3.03. The van der Waals surface area contributed by atoms with Crippen LogP contribution in [0, 0.1) is 0 Å². The van der Waals surface area contributed by atoms with Gasteiger partial charge in [-0.25, -0.2) is 4.39 Å². The van der Waals surface area contributed by atoms with E-state index in [0.29, 0.717) is 6.61 Å². The van der Waals surface area contributed by atoms with E-state index in [1.165, 1.54) is 0 Å². The fourth-order valence-corrected chi connectivity index (χ4v) is 1.23. The van der Waals surface area contributed by atoms with Gasteiger partial charge in [0.05, 0.1) is 18.8 Å². The van der Waals surface area contributed by atoms with E-state index in [1.807, 2.05) is 0 Å². The van der Waals surface area contributed by atoms with Crippen LogP contribution in [0.3, 0.4) is 0 Å². The summed E-state index contributed by atoms with van der Waals surface area (Å²) in [6, 6.07) is -0.361. The van der Waals surface area contributed by atoms with Gasteiger partial charge in [-0.15, -0.1) is 0 Å². The molecule has 1 saturated heterocycles. The first-order chi connectivity index (χ1) is 5.24. The highest BCUT2D eigenvalue weighted by Crippen LogP contribution is 2.14. The summed E-state index contributed by atoms with van der Waals surface area (Å²) in [6.07, 6.45) is 1.55. The number of hydrogen-bond acceptors (Lipinski definition) is 3. The van der Waals surface area contributed by atoms with Crippen molar-refractivity contribution in [3.8, 4) is 0 Å². The summed E-state index contributed by atoms with van der Waals surface area (Å²) in [6.45, 7) is -0.00171. The minimum Gasteiger partial charge on any atom is -0.375 e. The van der Waals surface area contributed by atoms with Crippen LogP contribution in [0.25, 0.3) is 0 Å². The second kappa shape index (κ2) is 3.99. The minimum atomic E-state index is -0.514. The monoisotopic (exact) mass is 162 g/mol. The normalized spacial score (nSPS) is 35.2. The number of alkyl halides is 1. The lowest BCUT2D eigenvalue weighted by atomic mass is 10.0. The third-order valence-corrected chi connectivity index (χ3v) is 2.00. The molecule has 0 spiro atoms. The Hall–Kier alpha value is -0.190. The number of nitrogens with two attached hydrogens (primary N) is 2. The molecule has 1 heterocycles. The van der Waals surface area contributed by atoms with Gasteiger partial charge in [0.15, 0.2) is 0 Å². The maximum atomic E-state index is 12.0. The molecule has 1 fully saturated rings. The smallest absolute Gasteiger partial charge is 0.107 e. The minimum absolute atomic E-state index is 0.109. The van der Waals surface area contributed by atoms with Crippen molar-refractivity contribution in [1.82, 2.24) is 0 Å². The fourth-order valence-electron chi connectivity index (χ4n) is 1.23. The van der Waals surface area contributed by atoms with Crippen LogP contribution in [0.2, 0.25) is 0 Å². The molecule has 11 heavy (non-hydrogen) atoms. The molecule has 66 valence electrons.